The molecule has 2 atom stereocenters. The van der Waals surface area contributed by atoms with Crippen molar-refractivity contribution in [2.75, 3.05) is 0 Å². The van der Waals surface area contributed by atoms with E-state index in [4.69, 9.17) is 21.4 Å². The zero-order valence-corrected chi connectivity index (χ0v) is 16.6. The Balaban J connectivity index is 1.64. The quantitative estimate of drug-likeness (QED) is 0.532. The first-order valence-corrected chi connectivity index (χ1v) is 9.90. The highest BCUT2D eigenvalue weighted by Crippen LogP contribution is 2.50. The van der Waals surface area contributed by atoms with Gasteiger partial charge in [0.05, 0.1) is 11.8 Å². The number of hydrogen-bond donors (Lipinski definition) is 0. The molecule has 5 rings (SSSR count). The molecule has 2 heterocycles. The third-order valence-corrected chi connectivity index (χ3v) is 5.95. The molecule has 2 aliphatic heterocycles. The van der Waals surface area contributed by atoms with Gasteiger partial charge in [-0.25, -0.2) is 5.01 Å². The van der Waals surface area contributed by atoms with Crippen molar-refractivity contribution in [3.63, 3.8) is 0 Å². The lowest BCUT2D eigenvalue weighted by Crippen LogP contribution is -2.48. The third-order valence-electron chi connectivity index (χ3n) is 5.70. The van der Waals surface area contributed by atoms with Crippen LogP contribution in [0.5, 0.6) is 5.75 Å². The van der Waals surface area contributed by atoms with Crippen LogP contribution in [-0.2, 0) is 5.72 Å². The van der Waals surface area contributed by atoms with Crippen LogP contribution in [0.3, 0.4) is 0 Å². The molecule has 0 saturated carbocycles. The van der Waals surface area contributed by atoms with Crippen LogP contribution < -0.4 is 4.74 Å². The fourth-order valence-electron chi connectivity index (χ4n) is 4.13. The highest BCUT2D eigenvalue weighted by Gasteiger charge is 2.48. The predicted molar refractivity (Wildman–Crippen MR) is 113 cm³/mol. The maximum Gasteiger partial charge on any atom is 0.221 e. The molecule has 2 unspecified atom stereocenters. The van der Waals surface area contributed by atoms with Gasteiger partial charge in [-0.2, -0.15) is 5.10 Å². The molecule has 3 nitrogen and oxygen atoms in total. The number of ether oxygens (including phenoxy) is 1. The third kappa shape index (κ3) is 2.70. The van der Waals surface area contributed by atoms with Crippen LogP contribution in [0, 0.1) is 6.92 Å². The number of aryl methyl sites for hydroxylation is 1. The van der Waals surface area contributed by atoms with Crippen LogP contribution in [0.4, 0.5) is 0 Å². The summed E-state index contributed by atoms with van der Waals surface area (Å²) in [6.07, 6.45) is 0.854. The number of hydrogen-bond acceptors (Lipinski definition) is 3. The number of benzene rings is 3. The average Bonchev–Trinajstić information content (AvgIpc) is 3.16. The monoisotopic (exact) mass is 388 g/mol. The predicted octanol–water partition coefficient (Wildman–Crippen LogP) is 6.06. The van der Waals surface area contributed by atoms with E-state index in [0.29, 0.717) is 5.02 Å². The molecule has 3 aromatic carbocycles. The topological polar surface area (TPSA) is 24.8 Å². The van der Waals surface area contributed by atoms with Crippen molar-refractivity contribution in [3.05, 3.63) is 100 Å². The number of nitrogens with zero attached hydrogens (tertiary/aromatic N) is 2. The molecule has 0 radical (unpaired) electrons. The Hall–Kier alpha value is -2.78. The summed E-state index contributed by atoms with van der Waals surface area (Å²) < 4.78 is 6.54. The summed E-state index contributed by atoms with van der Waals surface area (Å²) in [6, 6.07) is 24.8. The van der Waals surface area contributed by atoms with Gasteiger partial charge in [-0.05, 0) is 30.7 Å². The lowest BCUT2D eigenvalue weighted by Gasteiger charge is -2.46. The average molecular weight is 389 g/mol. The molecule has 0 aliphatic carbocycles. The molecule has 0 spiro atoms. The minimum absolute atomic E-state index is 0.141. The van der Waals surface area contributed by atoms with Crippen molar-refractivity contribution < 1.29 is 4.74 Å². The minimum Gasteiger partial charge on any atom is -0.462 e. The molecule has 4 heteroatoms. The molecule has 0 fully saturated rings. The second kappa shape index (κ2) is 6.39. The normalized spacial score (nSPS) is 22.9. The van der Waals surface area contributed by atoms with Crippen molar-refractivity contribution in [3.8, 4) is 5.75 Å². The summed E-state index contributed by atoms with van der Waals surface area (Å²) in [6.45, 7) is 4.19. The largest absolute Gasteiger partial charge is 0.462 e. The Morgan fingerprint density at radius 3 is 2.46 bits per heavy atom. The van der Waals surface area contributed by atoms with Gasteiger partial charge < -0.3 is 4.74 Å². The molecule has 3 aromatic rings. The molecule has 0 bridgehead atoms. The maximum absolute atomic E-state index is 6.54. The Kier molecular flexibility index (Phi) is 3.95. The van der Waals surface area contributed by atoms with Gasteiger partial charge in [0.2, 0.25) is 5.72 Å². The highest BCUT2D eigenvalue weighted by molar-refractivity contribution is 6.30. The second-order valence-corrected chi connectivity index (χ2v) is 8.04. The van der Waals surface area contributed by atoms with Gasteiger partial charge in [0.15, 0.2) is 0 Å². The number of fused-ring (bicyclic) bond motifs is 3. The Morgan fingerprint density at radius 1 is 1.00 bits per heavy atom. The van der Waals surface area contributed by atoms with E-state index in [-0.39, 0.29) is 6.04 Å². The molecule has 0 amide bonds. The summed E-state index contributed by atoms with van der Waals surface area (Å²) in [5.41, 5.74) is 5.02. The number of hydrazone groups is 1. The first-order chi connectivity index (χ1) is 13.5. The van der Waals surface area contributed by atoms with E-state index >= 15 is 0 Å². The zero-order valence-electron chi connectivity index (χ0n) is 15.9. The molecule has 0 N–H and O–H groups in total. The molecule has 28 heavy (non-hydrogen) atoms. The van der Waals surface area contributed by atoms with Gasteiger partial charge in [-0.15, -0.1) is 0 Å². The standard InChI is InChI=1S/C24H21ClN2O/c1-16-7-9-17(10-8-16)21-15-22-20-5-3-4-6-23(20)28-24(2,27(22)26-21)18-11-13-19(25)14-12-18/h3-14,22H,15H2,1-2H3. The molecule has 140 valence electrons. The lowest BCUT2D eigenvalue weighted by molar-refractivity contribution is -0.112. The van der Waals surface area contributed by atoms with Crippen molar-refractivity contribution in [2.24, 2.45) is 5.10 Å². The van der Waals surface area contributed by atoms with Crippen LogP contribution >= 0.6 is 11.6 Å². The summed E-state index contributed by atoms with van der Waals surface area (Å²) >= 11 is 6.12. The van der Waals surface area contributed by atoms with Gasteiger partial charge in [0.25, 0.3) is 0 Å². The minimum atomic E-state index is -0.698. The molecule has 0 aromatic heterocycles. The van der Waals surface area contributed by atoms with Crippen molar-refractivity contribution >= 4 is 17.3 Å². The summed E-state index contributed by atoms with van der Waals surface area (Å²) in [5.74, 6) is 0.918. The zero-order chi connectivity index (χ0) is 19.3. The van der Waals surface area contributed by atoms with Crippen molar-refractivity contribution in [2.45, 2.75) is 32.0 Å². The molecule has 0 saturated heterocycles. The van der Waals surface area contributed by atoms with Crippen LogP contribution in [0.1, 0.15) is 41.6 Å². The molecule has 2 aliphatic rings. The molecular formula is C24H21ClN2O. The van der Waals surface area contributed by atoms with Crippen LogP contribution in [-0.4, -0.2) is 10.7 Å². The van der Waals surface area contributed by atoms with Gasteiger partial charge >= 0.3 is 0 Å². The fraction of sp³-hybridized carbons (Fsp3) is 0.208. The van der Waals surface area contributed by atoms with E-state index in [9.17, 15) is 0 Å². The van der Waals surface area contributed by atoms with E-state index in [2.05, 4.69) is 55.3 Å². The SMILES string of the molecule is Cc1ccc(C2=NN3C(C2)c2ccccc2OC3(C)c2ccc(Cl)cc2)cc1. The van der Waals surface area contributed by atoms with Crippen molar-refractivity contribution in [1.29, 1.82) is 0 Å². The summed E-state index contributed by atoms with van der Waals surface area (Å²) in [4.78, 5) is 0. The van der Waals surface area contributed by atoms with E-state index in [0.717, 1.165) is 29.0 Å². The highest BCUT2D eigenvalue weighted by atomic mass is 35.5. The van der Waals surface area contributed by atoms with Gasteiger partial charge in [0.1, 0.15) is 5.75 Å². The number of rotatable bonds is 2. The van der Waals surface area contributed by atoms with E-state index in [1.165, 1.54) is 11.1 Å². The Morgan fingerprint density at radius 2 is 1.71 bits per heavy atom. The second-order valence-electron chi connectivity index (χ2n) is 7.61. The first-order valence-electron chi connectivity index (χ1n) is 9.52. The van der Waals surface area contributed by atoms with Crippen LogP contribution in [0.2, 0.25) is 5.02 Å². The molecular weight excluding hydrogens is 368 g/mol. The Bertz CT molecular complexity index is 1060. The van der Waals surface area contributed by atoms with E-state index < -0.39 is 5.72 Å². The fourth-order valence-corrected chi connectivity index (χ4v) is 4.25. The first kappa shape index (κ1) is 17.3. The maximum atomic E-state index is 6.54. The summed E-state index contributed by atoms with van der Waals surface area (Å²) in [7, 11) is 0. The van der Waals surface area contributed by atoms with Crippen LogP contribution in [0.25, 0.3) is 0 Å². The van der Waals surface area contributed by atoms with E-state index in [1.54, 1.807) is 0 Å². The van der Waals surface area contributed by atoms with E-state index in [1.807, 2.05) is 36.4 Å². The smallest absolute Gasteiger partial charge is 0.221 e. The van der Waals surface area contributed by atoms with Gasteiger partial charge in [-0.3, -0.25) is 0 Å². The van der Waals surface area contributed by atoms with Crippen LogP contribution in [0.15, 0.2) is 77.9 Å². The van der Waals surface area contributed by atoms with Gasteiger partial charge in [-0.1, -0.05) is 71.8 Å². The number of halogens is 1. The lowest BCUT2D eigenvalue weighted by atomic mass is 9.92. The summed E-state index contributed by atoms with van der Waals surface area (Å²) in [5, 5.41) is 7.88. The van der Waals surface area contributed by atoms with Crippen molar-refractivity contribution in [1.82, 2.24) is 5.01 Å². The van der Waals surface area contributed by atoms with Gasteiger partial charge in [0, 0.05) is 29.5 Å². The number of para-hydroxylation sites is 1. The Labute approximate surface area is 170 Å².